The third-order valence-corrected chi connectivity index (χ3v) is 11.0. The van der Waals surface area contributed by atoms with Gasteiger partial charge >= 0.3 is 24.0 Å². The first-order valence-corrected chi connectivity index (χ1v) is 18.5. The van der Waals surface area contributed by atoms with Crippen LogP contribution >= 0.6 is 11.6 Å². The molecule has 2 saturated heterocycles. The molecule has 1 unspecified atom stereocenters. The molecule has 2 aliphatic heterocycles. The number of anilines is 3. The monoisotopic (exact) mass is 754 g/mol. The molecule has 0 radical (unpaired) electrons. The number of hydrogen-bond acceptors (Lipinski definition) is 9. The molecule has 1 spiro atoms. The number of hydrogen-bond donors (Lipinski definition) is 3. The van der Waals surface area contributed by atoms with E-state index in [0.29, 0.717) is 42.5 Å². The van der Waals surface area contributed by atoms with Crippen LogP contribution in [0.4, 0.5) is 30.8 Å². The van der Waals surface area contributed by atoms with Gasteiger partial charge < -0.3 is 30.5 Å². The predicted molar refractivity (Wildman–Crippen MR) is 191 cm³/mol. The molecule has 53 heavy (non-hydrogen) atoms. The molecule has 3 amide bonds. The van der Waals surface area contributed by atoms with Crippen LogP contribution in [0.3, 0.4) is 0 Å². The van der Waals surface area contributed by atoms with Crippen LogP contribution in [0.15, 0.2) is 48.5 Å². The van der Waals surface area contributed by atoms with Crippen LogP contribution in [0, 0.1) is 5.41 Å². The Bertz CT molecular complexity index is 1820. The summed E-state index contributed by atoms with van der Waals surface area (Å²) in [6, 6.07) is 13.9. The Morgan fingerprint density at radius 3 is 2.19 bits per heavy atom. The number of amides is 3. The Morgan fingerprint density at radius 1 is 0.849 bits per heavy atom. The number of carbonyl (C=O) groups is 3. The summed E-state index contributed by atoms with van der Waals surface area (Å²) in [4.78, 5) is 55.5. The minimum atomic E-state index is -4.40. The van der Waals surface area contributed by atoms with Gasteiger partial charge in [-0.05, 0) is 80.5 Å². The minimum absolute atomic E-state index is 0.0460. The average Bonchev–Trinajstić information content (AvgIpc) is 3.60. The van der Waals surface area contributed by atoms with Gasteiger partial charge in [-0.25, -0.2) is 0 Å². The standard InChI is InChI=1S/C37H42ClF3N8O4/c38-26-10-8-25(9-11-26)36(14-15-36)47-33-44-32(45-34(46-33)53-21-18-37(39,40)41)43-28-12-6-24(7-13-28)30(51)48-19-16-35(22-48)17-20-49(23-35)31(52)29(50)42-27-4-2-1-3-5-27/h6-13,27H,1-5,14-23H2,(H,42,50)(H2,43,44,45,46,47). The maximum absolute atomic E-state index is 13.6. The predicted octanol–water partition coefficient (Wildman–Crippen LogP) is 6.21. The first kappa shape index (κ1) is 36.7. The number of nitrogens with zero attached hydrogens (tertiary/aromatic N) is 5. The smallest absolute Gasteiger partial charge is 0.392 e. The number of rotatable bonds is 10. The Balaban J connectivity index is 0.977. The van der Waals surface area contributed by atoms with Gasteiger partial charge in [-0.1, -0.05) is 43.0 Å². The van der Waals surface area contributed by atoms with Crippen LogP contribution in [-0.4, -0.2) is 87.5 Å². The molecule has 282 valence electrons. The quantitative estimate of drug-likeness (QED) is 0.206. The second kappa shape index (κ2) is 15.0. The fraction of sp³-hybridized carbons (Fsp3) is 0.514. The van der Waals surface area contributed by atoms with E-state index in [1.54, 1.807) is 46.2 Å². The van der Waals surface area contributed by atoms with Crippen molar-refractivity contribution in [2.75, 3.05) is 43.4 Å². The highest BCUT2D eigenvalue weighted by molar-refractivity contribution is 6.35. The minimum Gasteiger partial charge on any atom is -0.463 e. The number of benzene rings is 2. The number of alkyl halides is 3. The molecule has 7 rings (SSSR count). The van der Waals surface area contributed by atoms with Gasteiger partial charge in [0.25, 0.3) is 5.91 Å². The molecular weight excluding hydrogens is 713 g/mol. The molecule has 1 atom stereocenters. The number of aromatic nitrogens is 3. The lowest BCUT2D eigenvalue weighted by Gasteiger charge is -2.26. The summed E-state index contributed by atoms with van der Waals surface area (Å²) in [5.74, 6) is -0.992. The van der Waals surface area contributed by atoms with Crippen LogP contribution in [0.5, 0.6) is 6.01 Å². The Kier molecular flexibility index (Phi) is 10.4. The van der Waals surface area contributed by atoms with Gasteiger partial charge in [-0.2, -0.15) is 28.1 Å². The van der Waals surface area contributed by atoms with Crippen molar-refractivity contribution < 1.29 is 32.3 Å². The van der Waals surface area contributed by atoms with E-state index in [-0.39, 0.29) is 35.3 Å². The van der Waals surface area contributed by atoms with Gasteiger partial charge in [0.15, 0.2) is 0 Å². The van der Waals surface area contributed by atoms with E-state index in [9.17, 15) is 27.6 Å². The first-order valence-electron chi connectivity index (χ1n) is 18.1. The van der Waals surface area contributed by atoms with Gasteiger partial charge in [0, 0.05) is 53.9 Å². The summed E-state index contributed by atoms with van der Waals surface area (Å²) in [5, 5.41) is 9.87. The molecule has 1 aromatic heterocycles. The van der Waals surface area contributed by atoms with E-state index in [4.69, 9.17) is 16.3 Å². The molecule has 2 saturated carbocycles. The third-order valence-electron chi connectivity index (χ3n) is 10.7. The fourth-order valence-electron chi connectivity index (χ4n) is 7.58. The first-order chi connectivity index (χ1) is 25.4. The molecule has 3 heterocycles. The lowest BCUT2D eigenvalue weighted by Crippen LogP contribution is -2.47. The number of halogens is 4. The highest BCUT2D eigenvalue weighted by atomic mass is 35.5. The second-order valence-corrected chi connectivity index (χ2v) is 15.1. The van der Waals surface area contributed by atoms with Crippen molar-refractivity contribution in [1.82, 2.24) is 30.1 Å². The highest BCUT2D eigenvalue weighted by Gasteiger charge is 2.47. The summed E-state index contributed by atoms with van der Waals surface area (Å²) in [6.07, 6.45) is 2.58. The van der Waals surface area contributed by atoms with Gasteiger partial charge in [0.2, 0.25) is 11.9 Å². The lowest BCUT2D eigenvalue weighted by atomic mass is 9.86. The fourth-order valence-corrected chi connectivity index (χ4v) is 7.71. The maximum atomic E-state index is 13.6. The Labute approximate surface area is 310 Å². The molecule has 2 aromatic carbocycles. The van der Waals surface area contributed by atoms with Crippen molar-refractivity contribution in [3.8, 4) is 6.01 Å². The van der Waals surface area contributed by atoms with E-state index in [2.05, 4.69) is 30.9 Å². The van der Waals surface area contributed by atoms with E-state index < -0.39 is 36.6 Å². The van der Waals surface area contributed by atoms with E-state index in [1.165, 1.54) is 0 Å². The second-order valence-electron chi connectivity index (χ2n) is 14.7. The van der Waals surface area contributed by atoms with Crippen LogP contribution in [0.25, 0.3) is 0 Å². The largest absolute Gasteiger partial charge is 0.463 e. The lowest BCUT2D eigenvalue weighted by molar-refractivity contribution is -0.145. The highest BCUT2D eigenvalue weighted by Crippen LogP contribution is 2.48. The molecule has 2 aliphatic carbocycles. The summed E-state index contributed by atoms with van der Waals surface area (Å²) in [5.41, 5.74) is 1.27. The van der Waals surface area contributed by atoms with E-state index in [0.717, 1.165) is 63.4 Å². The van der Waals surface area contributed by atoms with Gasteiger partial charge in [-0.15, -0.1) is 0 Å². The number of carbonyl (C=O) groups excluding carboxylic acids is 3. The summed E-state index contributed by atoms with van der Waals surface area (Å²) in [6.45, 7) is 1.32. The molecule has 0 bridgehead atoms. The Hall–Kier alpha value is -4.66. The normalized spacial score (nSPS) is 21.1. The van der Waals surface area contributed by atoms with Crippen LogP contribution < -0.4 is 20.7 Å². The van der Waals surface area contributed by atoms with Gasteiger partial charge in [-0.3, -0.25) is 14.4 Å². The van der Waals surface area contributed by atoms with Crippen molar-refractivity contribution >= 4 is 46.9 Å². The topological polar surface area (TPSA) is 142 Å². The zero-order chi connectivity index (χ0) is 37.2. The molecule has 16 heteroatoms. The van der Waals surface area contributed by atoms with Crippen molar-refractivity contribution in [3.05, 3.63) is 64.7 Å². The number of nitrogens with one attached hydrogen (secondary N) is 3. The van der Waals surface area contributed by atoms with Crippen LogP contribution in [0.2, 0.25) is 5.02 Å². The molecule has 4 aliphatic rings. The zero-order valence-electron chi connectivity index (χ0n) is 29.2. The van der Waals surface area contributed by atoms with Crippen LogP contribution in [-0.2, 0) is 15.1 Å². The van der Waals surface area contributed by atoms with E-state index in [1.807, 2.05) is 12.1 Å². The zero-order valence-corrected chi connectivity index (χ0v) is 29.9. The van der Waals surface area contributed by atoms with Crippen molar-refractivity contribution in [3.63, 3.8) is 0 Å². The van der Waals surface area contributed by atoms with Crippen molar-refractivity contribution in [1.29, 1.82) is 0 Å². The number of ether oxygens (including phenoxy) is 1. The summed E-state index contributed by atoms with van der Waals surface area (Å²) < 4.78 is 43.8. The SMILES string of the molecule is O=C(NC1CCCCC1)C(=O)N1CCC2(CCN(C(=O)c3ccc(Nc4nc(NC5(c6ccc(Cl)cc6)CC5)nc(OCCC(F)(F)F)n4)cc3)C2)C1. The molecule has 4 fully saturated rings. The summed E-state index contributed by atoms with van der Waals surface area (Å²) in [7, 11) is 0. The molecule has 3 N–H and O–H groups in total. The maximum Gasteiger partial charge on any atom is 0.392 e. The average molecular weight is 755 g/mol. The van der Waals surface area contributed by atoms with E-state index >= 15 is 0 Å². The van der Waals surface area contributed by atoms with Gasteiger partial charge in [0.1, 0.15) is 6.61 Å². The van der Waals surface area contributed by atoms with Crippen molar-refractivity contribution in [2.24, 2.45) is 5.41 Å². The molecule has 12 nitrogen and oxygen atoms in total. The van der Waals surface area contributed by atoms with Crippen LogP contribution in [0.1, 0.15) is 80.1 Å². The third kappa shape index (κ3) is 8.94. The Morgan fingerprint density at radius 2 is 1.51 bits per heavy atom. The number of likely N-dealkylation sites (tertiary alicyclic amines) is 2. The van der Waals surface area contributed by atoms with Gasteiger partial charge in [0.05, 0.1) is 12.0 Å². The summed E-state index contributed by atoms with van der Waals surface area (Å²) >= 11 is 6.07. The van der Waals surface area contributed by atoms with Crippen molar-refractivity contribution in [2.45, 2.75) is 82.0 Å². The molecule has 3 aromatic rings. The molecular formula is C37H42ClF3N8O4.